The zero-order valence-corrected chi connectivity index (χ0v) is 11.8. The first-order valence-electron chi connectivity index (χ1n) is 5.96. The Morgan fingerprint density at radius 3 is 2.59 bits per heavy atom. The molecule has 0 fully saturated rings. The summed E-state index contributed by atoms with van der Waals surface area (Å²) in [7, 11) is 0. The lowest BCUT2D eigenvalue weighted by Crippen LogP contribution is -2.34. The Morgan fingerprint density at radius 1 is 1.53 bits per heavy atom. The molecule has 1 amide bonds. The van der Waals surface area contributed by atoms with Gasteiger partial charge in [-0.1, -0.05) is 13.8 Å². The molecule has 0 aromatic carbocycles. The number of nitrogens with zero attached hydrogens (tertiary/aromatic N) is 2. The van der Waals surface area contributed by atoms with Crippen LogP contribution in [0.15, 0.2) is 5.38 Å². The molecule has 5 heteroatoms. The maximum Gasteiger partial charge on any atom is 0.273 e. The molecule has 1 aromatic heterocycles. The first-order chi connectivity index (χ1) is 7.95. The highest BCUT2D eigenvalue weighted by molar-refractivity contribution is 7.09. The normalized spacial score (nSPS) is 12.8. The minimum atomic E-state index is -0.110. The summed E-state index contributed by atoms with van der Waals surface area (Å²) >= 11 is 1.45. The number of hydrogen-bond acceptors (Lipinski definition) is 4. The Kier molecular flexibility index (Phi) is 5.08. The highest BCUT2D eigenvalue weighted by Crippen LogP contribution is 2.17. The molecule has 0 aliphatic carbocycles. The molecule has 1 rings (SSSR count). The monoisotopic (exact) mass is 255 g/mol. The van der Waals surface area contributed by atoms with Crippen molar-refractivity contribution >= 4 is 17.2 Å². The molecule has 1 aromatic rings. The van der Waals surface area contributed by atoms with Crippen LogP contribution < -0.4 is 5.73 Å². The van der Waals surface area contributed by atoms with Gasteiger partial charge in [0.1, 0.15) is 10.7 Å². The van der Waals surface area contributed by atoms with Crippen molar-refractivity contribution in [2.45, 2.75) is 33.7 Å². The van der Waals surface area contributed by atoms with E-state index in [9.17, 15) is 4.79 Å². The van der Waals surface area contributed by atoms with Gasteiger partial charge in [-0.25, -0.2) is 4.98 Å². The second kappa shape index (κ2) is 6.12. The van der Waals surface area contributed by atoms with E-state index < -0.39 is 0 Å². The molecule has 0 saturated carbocycles. The van der Waals surface area contributed by atoms with Crippen LogP contribution in [0, 0.1) is 5.92 Å². The zero-order chi connectivity index (χ0) is 13.0. The van der Waals surface area contributed by atoms with Crippen LogP contribution in [0.2, 0.25) is 0 Å². The smallest absolute Gasteiger partial charge is 0.273 e. The summed E-state index contributed by atoms with van der Waals surface area (Å²) in [6.07, 6.45) is 0. The Hall–Kier alpha value is -0.940. The van der Waals surface area contributed by atoms with Gasteiger partial charge in [0.2, 0.25) is 0 Å². The predicted molar refractivity (Wildman–Crippen MR) is 71.1 cm³/mol. The molecule has 0 radical (unpaired) electrons. The molecule has 2 N–H and O–H groups in total. The molecule has 0 saturated heterocycles. The number of carbonyl (C=O) groups is 1. The van der Waals surface area contributed by atoms with Gasteiger partial charge in [-0.05, 0) is 19.8 Å². The minimum absolute atomic E-state index is 0.00403. The number of nitrogens with two attached hydrogens (primary N) is 1. The van der Waals surface area contributed by atoms with Gasteiger partial charge in [0.15, 0.2) is 0 Å². The van der Waals surface area contributed by atoms with Gasteiger partial charge in [0.25, 0.3) is 5.91 Å². The van der Waals surface area contributed by atoms with E-state index in [-0.39, 0.29) is 11.9 Å². The second-order valence-corrected chi connectivity index (χ2v) is 5.49. The topological polar surface area (TPSA) is 59.2 Å². The fourth-order valence-electron chi connectivity index (χ4n) is 1.55. The predicted octanol–water partition coefficient (Wildman–Crippen LogP) is 2.28. The summed E-state index contributed by atoms with van der Waals surface area (Å²) in [6, 6.07) is -0.110. The van der Waals surface area contributed by atoms with Crippen LogP contribution in [0.5, 0.6) is 0 Å². The van der Waals surface area contributed by atoms with Gasteiger partial charge in [-0.15, -0.1) is 11.3 Å². The van der Waals surface area contributed by atoms with E-state index in [1.165, 1.54) is 11.3 Å². The lowest BCUT2D eigenvalue weighted by Gasteiger charge is -2.21. The van der Waals surface area contributed by atoms with E-state index in [0.29, 0.717) is 18.2 Å². The van der Waals surface area contributed by atoms with E-state index >= 15 is 0 Å². The highest BCUT2D eigenvalue weighted by atomic mass is 32.1. The van der Waals surface area contributed by atoms with Gasteiger partial charge < -0.3 is 10.6 Å². The fraction of sp³-hybridized carbons (Fsp3) is 0.667. The van der Waals surface area contributed by atoms with Crippen LogP contribution >= 0.6 is 11.3 Å². The number of thiazole rings is 1. The van der Waals surface area contributed by atoms with Crippen molar-refractivity contribution in [1.82, 2.24) is 9.88 Å². The van der Waals surface area contributed by atoms with Gasteiger partial charge in [-0.2, -0.15) is 0 Å². The molecule has 1 atom stereocenters. The van der Waals surface area contributed by atoms with E-state index in [2.05, 4.69) is 18.8 Å². The summed E-state index contributed by atoms with van der Waals surface area (Å²) in [4.78, 5) is 18.3. The Balaban J connectivity index is 2.79. The van der Waals surface area contributed by atoms with E-state index in [1.807, 2.05) is 18.7 Å². The zero-order valence-electron chi connectivity index (χ0n) is 10.9. The third kappa shape index (κ3) is 3.78. The molecule has 0 aliphatic heterocycles. The van der Waals surface area contributed by atoms with Crippen LogP contribution in [-0.4, -0.2) is 28.9 Å². The first kappa shape index (κ1) is 14.1. The van der Waals surface area contributed by atoms with Crippen LogP contribution in [-0.2, 0) is 0 Å². The largest absolute Gasteiger partial charge is 0.337 e. The molecule has 0 aliphatic rings. The number of carbonyl (C=O) groups excluding carboxylic acids is 1. The standard InChI is InChI=1S/C12H21N3OS/c1-5-15(6-8(2)3)12(16)10-7-17-11(14-10)9(4)13/h7-9H,5-6,13H2,1-4H3. The molecule has 4 nitrogen and oxygen atoms in total. The van der Waals surface area contributed by atoms with Gasteiger partial charge in [0.05, 0.1) is 6.04 Å². The third-order valence-corrected chi connectivity index (χ3v) is 3.43. The van der Waals surface area contributed by atoms with E-state index in [4.69, 9.17) is 5.73 Å². The van der Waals surface area contributed by atoms with Crippen molar-refractivity contribution in [3.63, 3.8) is 0 Å². The maximum atomic E-state index is 12.2. The molecular formula is C12H21N3OS. The molecular weight excluding hydrogens is 234 g/mol. The summed E-state index contributed by atoms with van der Waals surface area (Å²) in [5.74, 6) is 0.467. The molecule has 17 heavy (non-hydrogen) atoms. The van der Waals surface area contributed by atoms with E-state index in [0.717, 1.165) is 11.6 Å². The summed E-state index contributed by atoms with van der Waals surface area (Å²) in [5.41, 5.74) is 6.26. The van der Waals surface area contributed by atoms with Gasteiger partial charge in [-0.3, -0.25) is 4.79 Å². The van der Waals surface area contributed by atoms with Crippen LogP contribution in [0.4, 0.5) is 0 Å². The molecule has 96 valence electrons. The first-order valence-corrected chi connectivity index (χ1v) is 6.83. The van der Waals surface area contributed by atoms with Crippen molar-refractivity contribution in [1.29, 1.82) is 0 Å². The molecule has 1 unspecified atom stereocenters. The Bertz CT molecular complexity index is 374. The summed E-state index contributed by atoms with van der Waals surface area (Å²) < 4.78 is 0. The van der Waals surface area contributed by atoms with Crippen molar-refractivity contribution < 1.29 is 4.79 Å². The molecule has 1 heterocycles. The lowest BCUT2D eigenvalue weighted by atomic mass is 10.2. The minimum Gasteiger partial charge on any atom is -0.337 e. The van der Waals surface area contributed by atoms with Crippen molar-refractivity contribution in [3.05, 3.63) is 16.1 Å². The van der Waals surface area contributed by atoms with Crippen molar-refractivity contribution in [2.75, 3.05) is 13.1 Å². The van der Waals surface area contributed by atoms with Crippen molar-refractivity contribution in [3.8, 4) is 0 Å². The third-order valence-electron chi connectivity index (χ3n) is 2.39. The van der Waals surface area contributed by atoms with E-state index in [1.54, 1.807) is 5.38 Å². The Labute approximate surface area is 107 Å². The number of aromatic nitrogens is 1. The van der Waals surface area contributed by atoms with Gasteiger partial charge >= 0.3 is 0 Å². The highest BCUT2D eigenvalue weighted by Gasteiger charge is 2.18. The van der Waals surface area contributed by atoms with Crippen molar-refractivity contribution in [2.24, 2.45) is 11.7 Å². The number of hydrogen-bond donors (Lipinski definition) is 1. The van der Waals surface area contributed by atoms with Crippen LogP contribution in [0.1, 0.15) is 49.2 Å². The average Bonchev–Trinajstić information content (AvgIpc) is 2.73. The second-order valence-electron chi connectivity index (χ2n) is 4.60. The maximum absolute atomic E-state index is 12.2. The molecule has 0 spiro atoms. The number of amides is 1. The fourth-order valence-corrected chi connectivity index (χ4v) is 2.30. The van der Waals surface area contributed by atoms with Crippen LogP contribution in [0.3, 0.4) is 0 Å². The lowest BCUT2D eigenvalue weighted by molar-refractivity contribution is 0.0740. The average molecular weight is 255 g/mol. The summed E-state index contributed by atoms with van der Waals surface area (Å²) in [5, 5.41) is 2.61. The summed E-state index contributed by atoms with van der Waals surface area (Å²) in [6.45, 7) is 9.54. The van der Waals surface area contributed by atoms with Gasteiger partial charge in [0, 0.05) is 18.5 Å². The quantitative estimate of drug-likeness (QED) is 0.878. The number of rotatable bonds is 5. The van der Waals surface area contributed by atoms with Crippen LogP contribution in [0.25, 0.3) is 0 Å². The molecule has 0 bridgehead atoms. The Morgan fingerprint density at radius 2 is 2.18 bits per heavy atom. The SMILES string of the molecule is CCN(CC(C)C)C(=O)c1csc(C(C)N)n1.